The molecule has 5 rings (SSSR count). The van der Waals surface area contributed by atoms with E-state index in [0.717, 1.165) is 62.3 Å². The monoisotopic (exact) mass is 601 g/mol. The van der Waals surface area contributed by atoms with Crippen LogP contribution in [0.1, 0.15) is 46.8 Å². The van der Waals surface area contributed by atoms with E-state index < -0.39 is 5.97 Å². The summed E-state index contributed by atoms with van der Waals surface area (Å²) in [4.78, 5) is 19.7. The Morgan fingerprint density at radius 1 is 1.02 bits per heavy atom. The molecule has 0 spiro atoms. The minimum atomic E-state index is -0.392. The van der Waals surface area contributed by atoms with E-state index in [0.29, 0.717) is 28.0 Å². The average molecular weight is 603 g/mol. The molecule has 0 saturated carbocycles. The van der Waals surface area contributed by atoms with Crippen LogP contribution in [0, 0.1) is 6.92 Å². The van der Waals surface area contributed by atoms with Crippen LogP contribution in [0.4, 0.5) is 0 Å². The van der Waals surface area contributed by atoms with Gasteiger partial charge < -0.3 is 9.30 Å². The molecule has 0 unspecified atom stereocenters. The fourth-order valence-corrected chi connectivity index (χ4v) is 6.33. The number of nitrogens with zero attached hydrogens (tertiary/aromatic N) is 3. The molecule has 0 atom stereocenters. The van der Waals surface area contributed by atoms with Crippen LogP contribution in [0.25, 0.3) is 11.0 Å². The van der Waals surface area contributed by atoms with Gasteiger partial charge in [0.05, 0.1) is 23.7 Å². The molecule has 0 amide bonds. The number of fused-ring (bicyclic) bond motifs is 1. The zero-order valence-electron chi connectivity index (χ0n) is 24.3. The molecule has 5 nitrogen and oxygen atoms in total. The highest BCUT2D eigenvalue weighted by Gasteiger charge is 2.22. The number of ether oxygens (including phenoxy) is 1. The summed E-state index contributed by atoms with van der Waals surface area (Å²) in [6, 6.07) is 21.2. The third-order valence-corrected chi connectivity index (χ3v) is 8.57. The highest BCUT2D eigenvalue weighted by molar-refractivity contribution is 6.34. The van der Waals surface area contributed by atoms with Crippen molar-refractivity contribution in [2.24, 2.45) is 0 Å². The van der Waals surface area contributed by atoms with Crippen molar-refractivity contribution in [3.05, 3.63) is 123 Å². The zero-order valence-corrected chi connectivity index (χ0v) is 25.8. The lowest BCUT2D eigenvalue weighted by Gasteiger charge is -2.32. The number of esters is 1. The van der Waals surface area contributed by atoms with Gasteiger partial charge in [-0.1, -0.05) is 77.8 Å². The molecule has 1 fully saturated rings. The van der Waals surface area contributed by atoms with Gasteiger partial charge in [-0.15, -0.1) is 0 Å². The van der Waals surface area contributed by atoms with Crippen molar-refractivity contribution >= 4 is 40.2 Å². The molecule has 0 bridgehead atoms. The number of benzene rings is 3. The minimum Gasteiger partial charge on any atom is -0.465 e. The Balaban J connectivity index is 1.33. The van der Waals surface area contributed by atoms with Gasteiger partial charge in [-0.25, -0.2) is 9.78 Å². The van der Waals surface area contributed by atoms with Gasteiger partial charge in [0.15, 0.2) is 0 Å². The van der Waals surface area contributed by atoms with Gasteiger partial charge in [0.25, 0.3) is 0 Å². The Bertz CT molecular complexity index is 1580. The number of piperidine rings is 1. The van der Waals surface area contributed by atoms with Gasteiger partial charge in [-0.05, 0) is 92.2 Å². The second kappa shape index (κ2) is 13.7. The van der Waals surface area contributed by atoms with Crippen LogP contribution in [0.3, 0.4) is 0 Å². The molecular weight excluding hydrogens is 565 g/mol. The maximum atomic E-state index is 12.1. The molecule has 0 radical (unpaired) electrons. The Morgan fingerprint density at radius 2 is 1.71 bits per heavy atom. The summed E-state index contributed by atoms with van der Waals surface area (Å²) in [6.45, 7) is 9.59. The second-order valence-corrected chi connectivity index (χ2v) is 11.9. The maximum Gasteiger partial charge on any atom is 0.337 e. The van der Waals surface area contributed by atoms with Crippen LogP contribution in [0.2, 0.25) is 10.0 Å². The van der Waals surface area contributed by atoms with Crippen LogP contribution >= 0.6 is 23.2 Å². The number of hydrogen-bond acceptors (Lipinski definition) is 4. The molecule has 7 heteroatoms. The second-order valence-electron chi connectivity index (χ2n) is 11.1. The van der Waals surface area contributed by atoms with Crippen molar-refractivity contribution in [3.63, 3.8) is 0 Å². The van der Waals surface area contributed by atoms with Crippen molar-refractivity contribution in [1.82, 2.24) is 14.5 Å². The molecule has 3 aromatic carbocycles. The standard InChI is InChI=1S/C35H37Cl2N3O2/c1-4-27(35(41)42-3)10-12-34-38-32-19-26(9-11-33(32)40(34)18-13-25-7-5-24(2)6-8-25)23-39-16-14-28(15-17-39)29-20-30(36)22-31(37)21-29/h4-11,19-22,28H,1,12-18,23H2,2-3H3/b27-10+. The fourth-order valence-electron chi connectivity index (χ4n) is 5.79. The third kappa shape index (κ3) is 7.33. The number of allylic oxidation sites excluding steroid dienone is 1. The van der Waals surface area contributed by atoms with E-state index in [1.807, 2.05) is 18.2 Å². The first-order valence-electron chi connectivity index (χ1n) is 14.5. The molecule has 4 aromatic rings. The molecule has 1 aliphatic rings. The van der Waals surface area contributed by atoms with Gasteiger partial charge >= 0.3 is 5.97 Å². The first kappa shape index (κ1) is 30.1. The van der Waals surface area contributed by atoms with E-state index in [1.165, 1.54) is 35.4 Å². The molecule has 42 heavy (non-hydrogen) atoms. The van der Waals surface area contributed by atoms with Crippen molar-refractivity contribution in [3.8, 4) is 0 Å². The zero-order chi connectivity index (χ0) is 29.6. The lowest BCUT2D eigenvalue weighted by atomic mass is 9.89. The van der Waals surface area contributed by atoms with Crippen molar-refractivity contribution in [2.75, 3.05) is 20.2 Å². The largest absolute Gasteiger partial charge is 0.465 e. The van der Waals surface area contributed by atoms with Gasteiger partial charge in [-0.2, -0.15) is 0 Å². The molecule has 1 aromatic heterocycles. The molecule has 0 aliphatic carbocycles. The van der Waals surface area contributed by atoms with Crippen LogP contribution in [0.15, 0.2) is 85.0 Å². The molecule has 218 valence electrons. The van der Waals surface area contributed by atoms with E-state index in [1.54, 1.807) is 6.07 Å². The van der Waals surface area contributed by atoms with Crippen molar-refractivity contribution in [2.45, 2.75) is 51.6 Å². The Kier molecular flexibility index (Phi) is 9.84. The Hall–Kier alpha value is -3.38. The van der Waals surface area contributed by atoms with Crippen LogP contribution < -0.4 is 0 Å². The number of aromatic nitrogens is 2. The summed E-state index contributed by atoms with van der Waals surface area (Å²) in [5.74, 6) is 1.00. The van der Waals surface area contributed by atoms with E-state index in [4.69, 9.17) is 32.9 Å². The number of aryl methyl sites for hydroxylation is 3. The van der Waals surface area contributed by atoms with Gasteiger partial charge in [0, 0.05) is 29.6 Å². The highest BCUT2D eigenvalue weighted by atomic mass is 35.5. The molecule has 1 saturated heterocycles. The molecule has 1 aliphatic heterocycles. The van der Waals surface area contributed by atoms with Crippen LogP contribution in [0.5, 0.6) is 0 Å². The molecule has 2 heterocycles. The predicted octanol–water partition coefficient (Wildman–Crippen LogP) is 8.10. The van der Waals surface area contributed by atoms with Gasteiger partial charge in [0.2, 0.25) is 0 Å². The molecular formula is C35H37Cl2N3O2. The SMILES string of the molecule is C=C/C(=C\Cc1nc2cc(CN3CCC(c4cc(Cl)cc(Cl)c4)CC3)ccc2n1CCc1ccc(C)cc1)C(=O)OC. The number of hydrogen-bond donors (Lipinski definition) is 0. The quantitative estimate of drug-likeness (QED) is 0.105. The van der Waals surface area contributed by atoms with Crippen molar-refractivity contribution in [1.29, 1.82) is 0 Å². The first-order valence-corrected chi connectivity index (χ1v) is 15.2. The van der Waals surface area contributed by atoms with E-state index >= 15 is 0 Å². The lowest BCUT2D eigenvalue weighted by molar-refractivity contribution is -0.135. The summed E-state index contributed by atoms with van der Waals surface area (Å²) in [7, 11) is 1.38. The smallest absolute Gasteiger partial charge is 0.337 e. The van der Waals surface area contributed by atoms with Crippen LogP contribution in [-0.2, 0) is 35.5 Å². The van der Waals surface area contributed by atoms with Gasteiger partial charge in [0.1, 0.15) is 5.82 Å². The molecule has 0 N–H and O–H groups in total. The number of rotatable bonds is 10. The first-order chi connectivity index (χ1) is 20.3. The summed E-state index contributed by atoms with van der Waals surface area (Å²) in [5.41, 5.74) is 7.54. The third-order valence-electron chi connectivity index (χ3n) is 8.13. The number of carbonyl (C=O) groups excluding carboxylic acids is 1. The average Bonchev–Trinajstić information content (AvgIpc) is 3.33. The number of likely N-dealkylation sites (tertiary alicyclic amines) is 1. The number of methoxy groups -OCH3 is 1. The summed E-state index contributed by atoms with van der Waals surface area (Å²) < 4.78 is 7.18. The highest BCUT2D eigenvalue weighted by Crippen LogP contribution is 2.32. The maximum absolute atomic E-state index is 12.1. The normalized spacial score (nSPS) is 14.8. The Morgan fingerprint density at radius 3 is 2.38 bits per heavy atom. The van der Waals surface area contributed by atoms with E-state index in [-0.39, 0.29) is 0 Å². The number of imidazole rings is 1. The minimum absolute atomic E-state index is 0.392. The lowest BCUT2D eigenvalue weighted by Crippen LogP contribution is -2.32. The predicted molar refractivity (Wildman–Crippen MR) is 172 cm³/mol. The van der Waals surface area contributed by atoms with Gasteiger partial charge in [-0.3, -0.25) is 4.90 Å². The van der Waals surface area contributed by atoms with E-state index in [9.17, 15) is 4.79 Å². The summed E-state index contributed by atoms with van der Waals surface area (Å²) >= 11 is 12.5. The summed E-state index contributed by atoms with van der Waals surface area (Å²) in [5, 5.41) is 1.40. The summed E-state index contributed by atoms with van der Waals surface area (Å²) in [6.07, 6.45) is 6.94. The fraction of sp³-hybridized carbons (Fsp3) is 0.314. The topological polar surface area (TPSA) is 47.4 Å². The number of carbonyl (C=O) groups is 1. The van der Waals surface area contributed by atoms with Crippen molar-refractivity contribution < 1.29 is 9.53 Å². The van der Waals surface area contributed by atoms with Crippen LogP contribution in [-0.4, -0.2) is 40.6 Å². The Labute approximate surface area is 258 Å². The van der Waals surface area contributed by atoms with E-state index in [2.05, 4.69) is 65.4 Å². The number of halogens is 2.